The third-order valence-corrected chi connectivity index (χ3v) is 9.56. The summed E-state index contributed by atoms with van der Waals surface area (Å²) in [5.74, 6) is 0.572. The predicted molar refractivity (Wildman–Crippen MR) is 129 cm³/mol. The zero-order valence-electron chi connectivity index (χ0n) is 17.6. The Morgan fingerprint density at radius 3 is 2.62 bits per heavy atom. The maximum atomic E-state index is 12.9. The van der Waals surface area contributed by atoms with Gasteiger partial charge in [-0.05, 0) is 48.9 Å². The summed E-state index contributed by atoms with van der Waals surface area (Å²) in [4.78, 5) is 16.4. The fourth-order valence-corrected chi connectivity index (χ4v) is 7.55. The molecule has 32 heavy (non-hydrogen) atoms. The van der Waals surface area contributed by atoms with E-state index in [-0.39, 0.29) is 11.3 Å². The van der Waals surface area contributed by atoms with Crippen LogP contribution in [0.25, 0.3) is 10.2 Å². The zero-order valence-corrected chi connectivity index (χ0v) is 20.0. The van der Waals surface area contributed by atoms with Gasteiger partial charge >= 0.3 is 5.97 Å². The number of carbonyl (C=O) groups is 1. The highest BCUT2D eigenvalue weighted by atomic mass is 32.2. The maximum Gasteiger partial charge on any atom is 0.322 e. The smallest absolute Gasteiger partial charge is 0.322 e. The van der Waals surface area contributed by atoms with Crippen molar-refractivity contribution in [3.8, 4) is 0 Å². The Morgan fingerprint density at radius 2 is 1.91 bits per heavy atom. The van der Waals surface area contributed by atoms with Crippen molar-refractivity contribution in [1.82, 2.24) is 9.71 Å². The summed E-state index contributed by atoms with van der Waals surface area (Å²) in [5.41, 5.74) is 1.51. The van der Waals surface area contributed by atoms with Crippen LogP contribution in [0.4, 0.5) is 0 Å². The lowest BCUT2D eigenvalue weighted by atomic mass is 9.91. The van der Waals surface area contributed by atoms with Crippen molar-refractivity contribution in [2.75, 3.05) is 5.75 Å². The zero-order chi connectivity index (χ0) is 22.6. The van der Waals surface area contributed by atoms with Crippen molar-refractivity contribution in [1.29, 1.82) is 0 Å². The van der Waals surface area contributed by atoms with Gasteiger partial charge in [0.25, 0.3) is 0 Å². The molecule has 0 spiro atoms. The van der Waals surface area contributed by atoms with E-state index in [0.29, 0.717) is 0 Å². The average molecular weight is 491 g/mol. The highest BCUT2D eigenvalue weighted by molar-refractivity contribution is 8.01. The third-order valence-electron chi connectivity index (χ3n) is 5.70. The van der Waals surface area contributed by atoms with E-state index in [0.717, 1.165) is 31.8 Å². The van der Waals surface area contributed by atoms with Gasteiger partial charge in [-0.25, -0.2) is 13.4 Å². The van der Waals surface area contributed by atoms with Gasteiger partial charge in [-0.2, -0.15) is 4.72 Å². The third kappa shape index (κ3) is 5.89. The van der Waals surface area contributed by atoms with Crippen molar-refractivity contribution in [2.45, 2.75) is 53.8 Å². The molecule has 1 aliphatic rings. The number of benzene rings is 2. The maximum absolute atomic E-state index is 12.9. The molecule has 2 aromatic carbocycles. The number of rotatable bonds is 9. The van der Waals surface area contributed by atoms with E-state index in [4.69, 9.17) is 0 Å². The second-order valence-corrected chi connectivity index (χ2v) is 12.1. The number of carboxylic acid groups (broad SMARTS) is 1. The van der Waals surface area contributed by atoms with Crippen LogP contribution in [-0.4, -0.2) is 36.3 Å². The minimum atomic E-state index is -3.99. The normalized spacial score (nSPS) is 16.2. The highest BCUT2D eigenvalue weighted by Crippen LogP contribution is 2.34. The van der Waals surface area contributed by atoms with E-state index in [1.165, 1.54) is 49.5 Å². The molecule has 0 saturated heterocycles. The minimum absolute atomic E-state index is 0.0526. The number of sulfonamides is 1. The molecule has 1 atom stereocenters. The number of nitrogens with one attached hydrogen (secondary N) is 1. The van der Waals surface area contributed by atoms with Crippen LogP contribution in [0.15, 0.2) is 57.8 Å². The molecule has 1 saturated carbocycles. The van der Waals surface area contributed by atoms with Crippen molar-refractivity contribution in [2.24, 2.45) is 5.92 Å². The summed E-state index contributed by atoms with van der Waals surface area (Å²) in [7, 11) is -3.99. The molecule has 2 N–H and O–H groups in total. The van der Waals surface area contributed by atoms with E-state index < -0.39 is 22.0 Å². The van der Waals surface area contributed by atoms with Gasteiger partial charge in [0.15, 0.2) is 4.34 Å². The minimum Gasteiger partial charge on any atom is -0.480 e. The molecule has 4 rings (SSSR count). The largest absolute Gasteiger partial charge is 0.480 e. The number of hydrogen-bond acceptors (Lipinski definition) is 6. The monoisotopic (exact) mass is 490 g/mol. The van der Waals surface area contributed by atoms with Crippen LogP contribution in [0.1, 0.15) is 37.7 Å². The van der Waals surface area contributed by atoms with E-state index in [1.807, 2.05) is 6.07 Å². The fraction of sp³-hybridized carbons (Fsp3) is 0.391. The summed E-state index contributed by atoms with van der Waals surface area (Å²) in [6.07, 6.45) is 6.57. The number of thiazole rings is 1. The Labute approximate surface area is 196 Å². The molecule has 9 heteroatoms. The first kappa shape index (κ1) is 23.2. The standard InChI is InChI=1S/C23H26N2O4S3/c26-22(27)20(13-16-7-3-1-4-8-16)25-32(28,29)18-11-12-19-21(14-18)31-23(24-19)30-15-17-9-5-2-6-10-17/h1,3-4,7-8,11-12,14,17,20,25H,2,5-6,9-10,13,15H2,(H,26,27)/t20-/m1/s1. The van der Waals surface area contributed by atoms with E-state index in [1.54, 1.807) is 48.2 Å². The van der Waals surface area contributed by atoms with Gasteiger partial charge in [-0.15, -0.1) is 11.3 Å². The molecule has 1 aliphatic carbocycles. The molecule has 0 unspecified atom stereocenters. The Morgan fingerprint density at radius 1 is 1.16 bits per heavy atom. The first-order valence-electron chi connectivity index (χ1n) is 10.7. The lowest BCUT2D eigenvalue weighted by molar-refractivity contribution is -0.138. The Kier molecular flexibility index (Phi) is 7.50. The van der Waals surface area contributed by atoms with Crippen LogP contribution in [0, 0.1) is 5.92 Å². The molecule has 0 amide bonds. The summed E-state index contributed by atoms with van der Waals surface area (Å²) >= 11 is 3.23. The first-order chi connectivity index (χ1) is 15.4. The molecular formula is C23H26N2O4S3. The van der Waals surface area contributed by atoms with E-state index >= 15 is 0 Å². The summed E-state index contributed by atoms with van der Waals surface area (Å²) in [6.45, 7) is 0. The van der Waals surface area contributed by atoms with Crippen molar-refractivity contribution in [3.63, 3.8) is 0 Å². The van der Waals surface area contributed by atoms with Gasteiger partial charge in [0.1, 0.15) is 6.04 Å². The quantitative estimate of drug-likeness (QED) is 0.412. The number of hydrogen-bond donors (Lipinski definition) is 2. The number of carboxylic acids is 1. The lowest BCUT2D eigenvalue weighted by Gasteiger charge is -2.20. The van der Waals surface area contributed by atoms with Gasteiger partial charge < -0.3 is 5.11 Å². The van der Waals surface area contributed by atoms with Gasteiger partial charge in [-0.3, -0.25) is 4.79 Å². The highest BCUT2D eigenvalue weighted by Gasteiger charge is 2.26. The summed E-state index contributed by atoms with van der Waals surface area (Å²) in [5, 5.41) is 9.55. The lowest BCUT2D eigenvalue weighted by Crippen LogP contribution is -2.42. The number of aromatic nitrogens is 1. The molecule has 1 heterocycles. The van der Waals surface area contributed by atoms with Crippen LogP contribution >= 0.6 is 23.1 Å². The Bertz CT molecular complexity index is 1170. The van der Waals surface area contributed by atoms with Gasteiger partial charge in [-0.1, -0.05) is 61.4 Å². The number of thioether (sulfide) groups is 1. The van der Waals surface area contributed by atoms with Gasteiger partial charge in [0.05, 0.1) is 15.1 Å². The SMILES string of the molecule is O=C(O)[C@@H](Cc1ccccc1)NS(=O)(=O)c1ccc2nc(SCC3CCCCC3)sc2c1. The van der Waals surface area contributed by atoms with E-state index in [9.17, 15) is 18.3 Å². The van der Waals surface area contributed by atoms with Gasteiger partial charge in [0, 0.05) is 5.75 Å². The fourth-order valence-electron chi connectivity index (χ4n) is 3.94. The molecule has 0 radical (unpaired) electrons. The second kappa shape index (κ2) is 10.3. The van der Waals surface area contributed by atoms with Crippen molar-refractivity contribution >= 4 is 49.3 Å². The molecule has 1 fully saturated rings. The molecule has 170 valence electrons. The number of fused-ring (bicyclic) bond motifs is 1. The Balaban J connectivity index is 1.47. The molecule has 3 aromatic rings. The topological polar surface area (TPSA) is 96.4 Å². The predicted octanol–water partition coefficient (Wildman–Crippen LogP) is 4.94. The second-order valence-electron chi connectivity index (χ2n) is 8.13. The molecule has 0 bridgehead atoms. The summed E-state index contributed by atoms with van der Waals surface area (Å²) < 4.78 is 29.9. The van der Waals surface area contributed by atoms with Crippen LogP contribution in [0.3, 0.4) is 0 Å². The number of aliphatic carboxylic acids is 1. The Hall–Kier alpha value is -1.94. The molecule has 0 aliphatic heterocycles. The first-order valence-corrected chi connectivity index (χ1v) is 14.0. The van der Waals surface area contributed by atoms with Crippen LogP contribution < -0.4 is 4.72 Å². The number of nitrogens with zero attached hydrogens (tertiary/aromatic N) is 1. The summed E-state index contributed by atoms with van der Waals surface area (Å²) in [6, 6.07) is 12.5. The average Bonchev–Trinajstić information content (AvgIpc) is 3.21. The van der Waals surface area contributed by atoms with Crippen molar-refractivity contribution in [3.05, 3.63) is 54.1 Å². The van der Waals surface area contributed by atoms with Crippen LogP contribution in [0.2, 0.25) is 0 Å². The van der Waals surface area contributed by atoms with Crippen molar-refractivity contribution < 1.29 is 18.3 Å². The molecule has 6 nitrogen and oxygen atoms in total. The van der Waals surface area contributed by atoms with Gasteiger partial charge in [0.2, 0.25) is 10.0 Å². The van der Waals surface area contributed by atoms with Crippen LogP contribution in [-0.2, 0) is 21.2 Å². The molecule has 1 aromatic heterocycles. The van der Waals surface area contributed by atoms with Crippen LogP contribution in [0.5, 0.6) is 0 Å². The van der Waals surface area contributed by atoms with E-state index in [2.05, 4.69) is 9.71 Å². The molecular weight excluding hydrogens is 464 g/mol.